The molecule has 3 heteroatoms. The Bertz CT molecular complexity index is 603. The van der Waals surface area contributed by atoms with Crippen molar-refractivity contribution in [3.05, 3.63) is 40.6 Å². The Kier molecular flexibility index (Phi) is 2.84. The van der Waals surface area contributed by atoms with E-state index in [-0.39, 0.29) is 6.42 Å². The number of carbonyl (C=O) groups is 1. The van der Waals surface area contributed by atoms with E-state index in [1.807, 2.05) is 32.9 Å². The van der Waals surface area contributed by atoms with Gasteiger partial charge in [-0.2, -0.15) is 0 Å². The first-order valence-corrected chi connectivity index (χ1v) is 5.57. The van der Waals surface area contributed by atoms with Gasteiger partial charge in [0.2, 0.25) is 0 Å². The SMILES string of the molecule is Cc1ccc2c(C)cc(CC(=O)O)nc2c1C. The quantitative estimate of drug-likeness (QED) is 0.861. The van der Waals surface area contributed by atoms with Crippen LogP contribution in [0.15, 0.2) is 18.2 Å². The average molecular weight is 229 g/mol. The molecular formula is C14H15NO2. The second-order valence-electron chi connectivity index (χ2n) is 4.40. The minimum Gasteiger partial charge on any atom is -0.481 e. The molecule has 1 aromatic heterocycles. The van der Waals surface area contributed by atoms with Crippen molar-refractivity contribution in [1.29, 1.82) is 0 Å². The van der Waals surface area contributed by atoms with Crippen LogP contribution in [0.2, 0.25) is 0 Å². The van der Waals surface area contributed by atoms with E-state index in [1.54, 1.807) is 0 Å². The first-order chi connectivity index (χ1) is 7.99. The van der Waals surface area contributed by atoms with Gasteiger partial charge in [0, 0.05) is 5.39 Å². The Morgan fingerprint density at radius 3 is 2.59 bits per heavy atom. The van der Waals surface area contributed by atoms with Crippen LogP contribution >= 0.6 is 0 Å². The molecule has 3 nitrogen and oxygen atoms in total. The second kappa shape index (κ2) is 4.17. The Morgan fingerprint density at radius 1 is 1.24 bits per heavy atom. The van der Waals surface area contributed by atoms with E-state index in [0.29, 0.717) is 5.69 Å². The highest BCUT2D eigenvalue weighted by Gasteiger charge is 2.09. The zero-order chi connectivity index (χ0) is 12.6. The molecule has 0 saturated heterocycles. The van der Waals surface area contributed by atoms with Crippen LogP contribution in [-0.2, 0) is 11.2 Å². The Morgan fingerprint density at radius 2 is 1.94 bits per heavy atom. The fourth-order valence-corrected chi connectivity index (χ4v) is 2.01. The number of hydrogen-bond acceptors (Lipinski definition) is 2. The molecule has 0 bridgehead atoms. The number of benzene rings is 1. The number of aromatic nitrogens is 1. The van der Waals surface area contributed by atoms with Gasteiger partial charge in [-0.1, -0.05) is 12.1 Å². The Hall–Kier alpha value is -1.90. The number of nitrogens with zero attached hydrogens (tertiary/aromatic N) is 1. The lowest BCUT2D eigenvalue weighted by Crippen LogP contribution is -2.03. The lowest BCUT2D eigenvalue weighted by Gasteiger charge is -2.09. The van der Waals surface area contributed by atoms with Crippen LogP contribution in [-0.4, -0.2) is 16.1 Å². The van der Waals surface area contributed by atoms with Crippen LogP contribution in [0.25, 0.3) is 10.9 Å². The average Bonchev–Trinajstić information content (AvgIpc) is 2.23. The van der Waals surface area contributed by atoms with Crippen LogP contribution in [0.1, 0.15) is 22.4 Å². The summed E-state index contributed by atoms with van der Waals surface area (Å²) in [5.41, 5.74) is 4.92. The Labute approximate surface area is 100 Å². The highest BCUT2D eigenvalue weighted by Crippen LogP contribution is 2.23. The van der Waals surface area contributed by atoms with Crippen LogP contribution in [0.4, 0.5) is 0 Å². The number of pyridine rings is 1. The zero-order valence-electron chi connectivity index (χ0n) is 10.2. The summed E-state index contributed by atoms with van der Waals surface area (Å²) in [5.74, 6) is -0.846. The van der Waals surface area contributed by atoms with E-state index in [4.69, 9.17) is 5.11 Å². The van der Waals surface area contributed by atoms with Crippen molar-refractivity contribution in [2.75, 3.05) is 0 Å². The molecule has 0 atom stereocenters. The summed E-state index contributed by atoms with van der Waals surface area (Å²) < 4.78 is 0. The van der Waals surface area contributed by atoms with Gasteiger partial charge in [0.15, 0.2) is 0 Å². The van der Waals surface area contributed by atoms with Gasteiger partial charge in [0.05, 0.1) is 17.6 Å². The predicted molar refractivity (Wildman–Crippen MR) is 67.3 cm³/mol. The first kappa shape index (κ1) is 11.6. The first-order valence-electron chi connectivity index (χ1n) is 5.57. The smallest absolute Gasteiger partial charge is 0.309 e. The molecule has 0 amide bonds. The molecule has 1 aromatic carbocycles. The van der Waals surface area contributed by atoms with Gasteiger partial charge in [-0.05, 0) is 43.5 Å². The fraction of sp³-hybridized carbons (Fsp3) is 0.286. The monoisotopic (exact) mass is 229 g/mol. The molecule has 0 radical (unpaired) electrons. The summed E-state index contributed by atoms with van der Waals surface area (Å²) in [7, 11) is 0. The standard InChI is InChI=1S/C14H15NO2/c1-8-4-5-12-9(2)6-11(7-13(16)17)15-14(12)10(8)3/h4-6H,7H2,1-3H3,(H,16,17). The predicted octanol–water partition coefficient (Wildman–Crippen LogP) is 2.79. The molecule has 0 unspecified atom stereocenters. The van der Waals surface area contributed by atoms with E-state index < -0.39 is 5.97 Å². The molecule has 1 N–H and O–H groups in total. The summed E-state index contributed by atoms with van der Waals surface area (Å²) in [6.45, 7) is 6.05. The number of aliphatic carboxylic acids is 1. The number of rotatable bonds is 2. The summed E-state index contributed by atoms with van der Waals surface area (Å²) in [6, 6.07) is 5.97. The molecule has 17 heavy (non-hydrogen) atoms. The summed E-state index contributed by atoms with van der Waals surface area (Å²) in [5, 5.41) is 9.91. The normalized spacial score (nSPS) is 10.8. The minimum absolute atomic E-state index is 0.0236. The van der Waals surface area contributed by atoms with Crippen LogP contribution in [0.3, 0.4) is 0 Å². The largest absolute Gasteiger partial charge is 0.481 e. The summed E-state index contributed by atoms with van der Waals surface area (Å²) in [6.07, 6.45) is -0.0236. The maximum Gasteiger partial charge on any atom is 0.309 e. The van der Waals surface area contributed by atoms with Gasteiger partial charge in [-0.3, -0.25) is 9.78 Å². The highest BCUT2D eigenvalue weighted by atomic mass is 16.4. The van der Waals surface area contributed by atoms with Crippen molar-refractivity contribution in [2.45, 2.75) is 27.2 Å². The highest BCUT2D eigenvalue weighted by molar-refractivity contribution is 5.86. The number of aryl methyl sites for hydroxylation is 3. The van der Waals surface area contributed by atoms with Crippen LogP contribution in [0.5, 0.6) is 0 Å². The van der Waals surface area contributed by atoms with Crippen molar-refractivity contribution < 1.29 is 9.90 Å². The molecule has 0 aliphatic rings. The van der Waals surface area contributed by atoms with Gasteiger partial charge < -0.3 is 5.11 Å². The van der Waals surface area contributed by atoms with Crippen molar-refractivity contribution in [3.63, 3.8) is 0 Å². The van der Waals surface area contributed by atoms with Crippen LogP contribution in [0, 0.1) is 20.8 Å². The van der Waals surface area contributed by atoms with E-state index >= 15 is 0 Å². The summed E-state index contributed by atoms with van der Waals surface area (Å²) >= 11 is 0. The van der Waals surface area contributed by atoms with E-state index in [2.05, 4.69) is 11.1 Å². The molecule has 2 rings (SSSR count). The Balaban J connectivity index is 2.70. The van der Waals surface area contributed by atoms with Crippen molar-refractivity contribution >= 4 is 16.9 Å². The van der Waals surface area contributed by atoms with Gasteiger partial charge in [0.1, 0.15) is 0 Å². The molecular weight excluding hydrogens is 214 g/mol. The maximum atomic E-state index is 10.7. The molecule has 0 fully saturated rings. The summed E-state index contributed by atoms with van der Waals surface area (Å²) in [4.78, 5) is 15.2. The fourth-order valence-electron chi connectivity index (χ4n) is 2.01. The van der Waals surface area contributed by atoms with Gasteiger partial charge in [-0.15, -0.1) is 0 Å². The van der Waals surface area contributed by atoms with Crippen molar-refractivity contribution in [3.8, 4) is 0 Å². The molecule has 2 aromatic rings. The van der Waals surface area contributed by atoms with Gasteiger partial charge in [-0.25, -0.2) is 0 Å². The van der Waals surface area contributed by atoms with Crippen molar-refractivity contribution in [1.82, 2.24) is 4.98 Å². The van der Waals surface area contributed by atoms with Crippen LogP contribution < -0.4 is 0 Å². The van der Waals surface area contributed by atoms with Gasteiger partial charge >= 0.3 is 5.97 Å². The van der Waals surface area contributed by atoms with E-state index in [1.165, 1.54) is 5.56 Å². The third-order valence-electron chi connectivity index (χ3n) is 3.10. The molecule has 0 aliphatic heterocycles. The number of fused-ring (bicyclic) bond motifs is 1. The zero-order valence-corrected chi connectivity index (χ0v) is 10.2. The maximum absolute atomic E-state index is 10.7. The molecule has 0 spiro atoms. The number of carboxylic acids is 1. The lowest BCUT2D eigenvalue weighted by atomic mass is 10.0. The van der Waals surface area contributed by atoms with E-state index in [9.17, 15) is 4.79 Å². The van der Waals surface area contributed by atoms with Gasteiger partial charge in [0.25, 0.3) is 0 Å². The molecule has 88 valence electrons. The third kappa shape index (κ3) is 2.13. The van der Waals surface area contributed by atoms with E-state index in [0.717, 1.165) is 22.0 Å². The lowest BCUT2D eigenvalue weighted by molar-refractivity contribution is -0.136. The third-order valence-corrected chi connectivity index (χ3v) is 3.10. The molecule has 0 saturated carbocycles. The minimum atomic E-state index is -0.846. The molecule has 1 heterocycles. The number of carboxylic acid groups (broad SMARTS) is 1. The molecule has 0 aliphatic carbocycles. The van der Waals surface area contributed by atoms with Crippen molar-refractivity contribution in [2.24, 2.45) is 0 Å². The topological polar surface area (TPSA) is 50.2 Å². The number of hydrogen-bond donors (Lipinski definition) is 1. The second-order valence-corrected chi connectivity index (χ2v) is 4.40.